The van der Waals surface area contributed by atoms with E-state index in [1.54, 1.807) is 12.1 Å². The van der Waals surface area contributed by atoms with Crippen LogP contribution < -0.4 is 5.32 Å². The predicted octanol–water partition coefficient (Wildman–Crippen LogP) is 2.54. The van der Waals surface area contributed by atoms with Gasteiger partial charge in [0.25, 0.3) is 5.91 Å². The fraction of sp³-hybridized carbons (Fsp3) is 0.182. The number of aryl methyl sites for hydroxylation is 1. The minimum Gasteiger partial charge on any atom is -0.456 e. The number of furan rings is 1. The van der Waals surface area contributed by atoms with E-state index in [-0.39, 0.29) is 16.8 Å². The van der Waals surface area contributed by atoms with E-state index in [0.717, 1.165) is 12.2 Å². The average molecular weight is 252 g/mol. The van der Waals surface area contributed by atoms with Gasteiger partial charge in [-0.25, -0.2) is 9.97 Å². The maximum atomic E-state index is 11.7. The van der Waals surface area contributed by atoms with Crippen LogP contribution in [0.1, 0.15) is 23.2 Å². The molecule has 88 valence electrons. The molecule has 2 heterocycles. The molecule has 0 aromatic carbocycles. The Kier molecular flexibility index (Phi) is 3.39. The van der Waals surface area contributed by atoms with Crippen molar-refractivity contribution in [2.45, 2.75) is 13.3 Å². The molecule has 2 rings (SSSR count). The molecular formula is C11H10ClN3O2. The van der Waals surface area contributed by atoms with Gasteiger partial charge in [0.05, 0.1) is 0 Å². The maximum absolute atomic E-state index is 11.7. The van der Waals surface area contributed by atoms with Gasteiger partial charge in [-0.15, -0.1) is 0 Å². The second-order valence-corrected chi connectivity index (χ2v) is 3.69. The highest BCUT2D eigenvalue weighted by Crippen LogP contribution is 2.12. The maximum Gasteiger partial charge on any atom is 0.292 e. The predicted molar refractivity (Wildman–Crippen MR) is 63.1 cm³/mol. The van der Waals surface area contributed by atoms with Crippen LogP contribution in [0.4, 0.5) is 5.82 Å². The summed E-state index contributed by atoms with van der Waals surface area (Å²) in [5.74, 6) is 0.983. The van der Waals surface area contributed by atoms with Crippen LogP contribution in [0.5, 0.6) is 0 Å². The Morgan fingerprint density at radius 2 is 2.29 bits per heavy atom. The molecule has 0 bridgehead atoms. The lowest BCUT2D eigenvalue weighted by molar-refractivity contribution is 0.0994. The molecule has 1 N–H and O–H groups in total. The highest BCUT2D eigenvalue weighted by Gasteiger charge is 2.11. The van der Waals surface area contributed by atoms with Gasteiger partial charge in [0.15, 0.2) is 5.76 Å². The van der Waals surface area contributed by atoms with Crippen LogP contribution in [0, 0.1) is 0 Å². The van der Waals surface area contributed by atoms with E-state index >= 15 is 0 Å². The zero-order chi connectivity index (χ0) is 12.3. The summed E-state index contributed by atoms with van der Waals surface area (Å²) in [6, 6.07) is 4.85. The summed E-state index contributed by atoms with van der Waals surface area (Å²) in [6.07, 6.45) is 2.02. The summed E-state index contributed by atoms with van der Waals surface area (Å²) < 4.78 is 5.31. The third-order valence-corrected chi connectivity index (χ3v) is 2.32. The first-order valence-electron chi connectivity index (χ1n) is 5.06. The van der Waals surface area contributed by atoms with E-state index in [4.69, 9.17) is 16.0 Å². The summed E-state index contributed by atoms with van der Waals surface area (Å²) in [7, 11) is 0. The standard InChI is InChI=1S/C11H10ClN3O2/c1-2-7-3-4-8(17-7)11(16)15-10-5-9(12)13-6-14-10/h3-6H,2H2,1H3,(H,13,14,15,16). The smallest absolute Gasteiger partial charge is 0.292 e. The van der Waals surface area contributed by atoms with Gasteiger partial charge in [0, 0.05) is 12.5 Å². The van der Waals surface area contributed by atoms with E-state index < -0.39 is 0 Å². The Morgan fingerprint density at radius 1 is 1.47 bits per heavy atom. The van der Waals surface area contributed by atoms with Crippen LogP contribution >= 0.6 is 11.6 Å². The van der Waals surface area contributed by atoms with Gasteiger partial charge in [-0.2, -0.15) is 0 Å². The van der Waals surface area contributed by atoms with Crippen LogP contribution in [-0.2, 0) is 6.42 Å². The summed E-state index contributed by atoms with van der Waals surface area (Å²) >= 11 is 5.68. The molecule has 0 radical (unpaired) electrons. The third-order valence-electron chi connectivity index (χ3n) is 2.11. The van der Waals surface area contributed by atoms with Crippen molar-refractivity contribution < 1.29 is 9.21 Å². The molecule has 0 saturated heterocycles. The van der Waals surface area contributed by atoms with Crippen molar-refractivity contribution >= 4 is 23.3 Å². The summed E-state index contributed by atoms with van der Waals surface area (Å²) in [5.41, 5.74) is 0. The molecule has 0 aliphatic rings. The monoisotopic (exact) mass is 251 g/mol. The fourth-order valence-electron chi connectivity index (χ4n) is 1.27. The molecule has 2 aromatic heterocycles. The van der Waals surface area contributed by atoms with E-state index in [9.17, 15) is 4.79 Å². The van der Waals surface area contributed by atoms with Gasteiger partial charge in [-0.3, -0.25) is 4.79 Å². The number of hydrogen-bond acceptors (Lipinski definition) is 4. The number of anilines is 1. The lowest BCUT2D eigenvalue weighted by Gasteiger charge is -2.01. The van der Waals surface area contributed by atoms with Crippen LogP contribution in [0.3, 0.4) is 0 Å². The van der Waals surface area contributed by atoms with Crippen molar-refractivity contribution in [1.29, 1.82) is 0 Å². The van der Waals surface area contributed by atoms with Crippen molar-refractivity contribution in [3.8, 4) is 0 Å². The van der Waals surface area contributed by atoms with Crippen molar-refractivity contribution in [2.24, 2.45) is 0 Å². The lowest BCUT2D eigenvalue weighted by atomic mass is 10.3. The molecule has 0 saturated carbocycles. The Hall–Kier alpha value is -1.88. The van der Waals surface area contributed by atoms with Crippen LogP contribution in [0.25, 0.3) is 0 Å². The summed E-state index contributed by atoms with van der Waals surface area (Å²) in [4.78, 5) is 19.3. The van der Waals surface area contributed by atoms with Crippen LogP contribution in [0.15, 0.2) is 28.9 Å². The molecule has 17 heavy (non-hydrogen) atoms. The van der Waals surface area contributed by atoms with Crippen LogP contribution in [0.2, 0.25) is 5.15 Å². The average Bonchev–Trinajstić information content (AvgIpc) is 2.77. The zero-order valence-electron chi connectivity index (χ0n) is 9.11. The Labute approximate surface area is 103 Å². The molecule has 0 spiro atoms. The number of amides is 1. The fourth-order valence-corrected chi connectivity index (χ4v) is 1.42. The first-order chi connectivity index (χ1) is 8.19. The minimum absolute atomic E-state index is 0.247. The molecule has 5 nitrogen and oxygen atoms in total. The number of carbonyl (C=O) groups excluding carboxylic acids is 1. The van der Waals surface area contributed by atoms with Crippen molar-refractivity contribution in [3.05, 3.63) is 41.2 Å². The second kappa shape index (κ2) is 4.97. The first-order valence-corrected chi connectivity index (χ1v) is 5.44. The molecule has 0 aliphatic carbocycles. The highest BCUT2D eigenvalue weighted by molar-refractivity contribution is 6.29. The van der Waals surface area contributed by atoms with Gasteiger partial charge in [0.2, 0.25) is 0 Å². The largest absolute Gasteiger partial charge is 0.456 e. The Bertz CT molecular complexity index is 539. The van der Waals surface area contributed by atoms with Crippen molar-refractivity contribution in [2.75, 3.05) is 5.32 Å². The molecule has 0 atom stereocenters. The Morgan fingerprint density at radius 3 is 2.94 bits per heavy atom. The highest BCUT2D eigenvalue weighted by atomic mass is 35.5. The number of carbonyl (C=O) groups is 1. The third kappa shape index (κ3) is 2.82. The van der Waals surface area contributed by atoms with Crippen LogP contribution in [-0.4, -0.2) is 15.9 Å². The van der Waals surface area contributed by atoms with Crippen molar-refractivity contribution in [3.63, 3.8) is 0 Å². The number of halogens is 1. The molecule has 0 aliphatic heterocycles. The van der Waals surface area contributed by atoms with E-state index in [2.05, 4.69) is 15.3 Å². The van der Waals surface area contributed by atoms with E-state index in [0.29, 0.717) is 5.82 Å². The topological polar surface area (TPSA) is 68.0 Å². The number of nitrogens with one attached hydrogen (secondary N) is 1. The number of rotatable bonds is 3. The van der Waals surface area contributed by atoms with E-state index in [1.165, 1.54) is 12.4 Å². The lowest BCUT2D eigenvalue weighted by Crippen LogP contribution is -2.12. The SMILES string of the molecule is CCc1ccc(C(=O)Nc2cc(Cl)ncn2)o1. The van der Waals surface area contributed by atoms with Gasteiger partial charge in [-0.1, -0.05) is 18.5 Å². The number of hydrogen-bond donors (Lipinski definition) is 1. The molecular weight excluding hydrogens is 242 g/mol. The molecule has 6 heteroatoms. The molecule has 0 unspecified atom stereocenters. The summed E-state index contributed by atoms with van der Waals surface area (Å²) in [6.45, 7) is 1.95. The normalized spacial score (nSPS) is 10.2. The van der Waals surface area contributed by atoms with Gasteiger partial charge < -0.3 is 9.73 Å². The number of aromatic nitrogens is 2. The van der Waals surface area contributed by atoms with E-state index in [1.807, 2.05) is 6.92 Å². The van der Waals surface area contributed by atoms with Gasteiger partial charge in [0.1, 0.15) is 23.1 Å². The molecule has 2 aromatic rings. The molecule has 1 amide bonds. The molecule has 0 fully saturated rings. The van der Waals surface area contributed by atoms with Gasteiger partial charge >= 0.3 is 0 Å². The second-order valence-electron chi connectivity index (χ2n) is 3.30. The minimum atomic E-state index is -0.362. The quantitative estimate of drug-likeness (QED) is 0.851. The first kappa shape index (κ1) is 11.6. The Balaban J connectivity index is 2.11. The number of nitrogens with zero attached hydrogens (tertiary/aromatic N) is 2. The van der Waals surface area contributed by atoms with Crippen molar-refractivity contribution in [1.82, 2.24) is 9.97 Å². The zero-order valence-corrected chi connectivity index (χ0v) is 9.86. The van der Waals surface area contributed by atoms with Gasteiger partial charge in [-0.05, 0) is 12.1 Å². The summed E-state index contributed by atoms with van der Waals surface area (Å²) in [5, 5.41) is 2.84.